The number of rotatable bonds is 4. The molecule has 1 unspecified atom stereocenters. The lowest BCUT2D eigenvalue weighted by molar-refractivity contribution is -0.122. The van der Waals surface area contributed by atoms with Gasteiger partial charge in [0.05, 0.1) is 5.69 Å². The molecule has 0 aliphatic heterocycles. The van der Waals surface area contributed by atoms with Crippen molar-refractivity contribution in [1.29, 1.82) is 0 Å². The highest BCUT2D eigenvalue weighted by molar-refractivity contribution is 5.85. The summed E-state index contributed by atoms with van der Waals surface area (Å²) in [5, 5.41) is 5.83. The van der Waals surface area contributed by atoms with Gasteiger partial charge in [0.25, 0.3) is 0 Å². The first-order valence-corrected chi connectivity index (χ1v) is 5.70. The van der Waals surface area contributed by atoms with Gasteiger partial charge in [-0.1, -0.05) is 0 Å². The molecule has 1 atom stereocenters. The number of amides is 1. The second kappa shape index (κ2) is 5.52. The van der Waals surface area contributed by atoms with Crippen molar-refractivity contribution >= 4 is 17.4 Å². The van der Waals surface area contributed by atoms with Crippen LogP contribution in [0.1, 0.15) is 26.5 Å². The van der Waals surface area contributed by atoms with Gasteiger partial charge in [-0.05, 0) is 39.8 Å². The number of nitrogens with two attached hydrogens (primary N) is 1. The van der Waals surface area contributed by atoms with E-state index in [2.05, 4.69) is 15.6 Å². The Morgan fingerprint density at radius 2 is 2.00 bits per heavy atom. The highest BCUT2D eigenvalue weighted by Gasteiger charge is 2.14. The van der Waals surface area contributed by atoms with Crippen LogP contribution < -0.4 is 16.4 Å². The Morgan fingerprint density at radius 1 is 1.35 bits per heavy atom. The smallest absolute Gasteiger partial charge is 0.242 e. The summed E-state index contributed by atoms with van der Waals surface area (Å²) in [4.78, 5) is 16.0. The van der Waals surface area contributed by atoms with E-state index < -0.39 is 0 Å². The van der Waals surface area contributed by atoms with Crippen molar-refractivity contribution in [2.75, 3.05) is 11.1 Å². The van der Waals surface area contributed by atoms with Crippen molar-refractivity contribution in [2.45, 2.75) is 39.8 Å². The average molecular weight is 236 g/mol. The molecule has 1 rings (SSSR count). The van der Waals surface area contributed by atoms with E-state index in [1.165, 1.54) is 0 Å². The Hall–Kier alpha value is -1.78. The van der Waals surface area contributed by atoms with Crippen molar-refractivity contribution < 1.29 is 4.79 Å². The number of nitrogens with zero attached hydrogens (tertiary/aromatic N) is 1. The van der Waals surface area contributed by atoms with Crippen LogP contribution in [-0.2, 0) is 4.79 Å². The zero-order valence-corrected chi connectivity index (χ0v) is 10.7. The zero-order chi connectivity index (χ0) is 13.0. The van der Waals surface area contributed by atoms with Gasteiger partial charge in [-0.3, -0.25) is 4.79 Å². The monoisotopic (exact) mass is 236 g/mol. The molecule has 0 aromatic carbocycles. The van der Waals surface area contributed by atoms with Crippen LogP contribution in [0.5, 0.6) is 0 Å². The lowest BCUT2D eigenvalue weighted by Crippen LogP contribution is -2.41. The SMILES string of the molecule is Cc1ccc(N)c(NC(C)C(=O)NC(C)C)n1. The number of pyridine rings is 1. The van der Waals surface area contributed by atoms with Crippen molar-refractivity contribution in [1.82, 2.24) is 10.3 Å². The highest BCUT2D eigenvalue weighted by Crippen LogP contribution is 2.16. The van der Waals surface area contributed by atoms with Gasteiger partial charge < -0.3 is 16.4 Å². The van der Waals surface area contributed by atoms with Crippen LogP contribution in [0.15, 0.2) is 12.1 Å². The maximum Gasteiger partial charge on any atom is 0.242 e. The highest BCUT2D eigenvalue weighted by atomic mass is 16.2. The molecular weight excluding hydrogens is 216 g/mol. The molecule has 0 bridgehead atoms. The van der Waals surface area contributed by atoms with Crippen molar-refractivity contribution in [3.05, 3.63) is 17.8 Å². The van der Waals surface area contributed by atoms with Crippen LogP contribution in [0.25, 0.3) is 0 Å². The summed E-state index contributed by atoms with van der Waals surface area (Å²) in [6.45, 7) is 7.50. The van der Waals surface area contributed by atoms with Crippen LogP contribution >= 0.6 is 0 Å². The molecule has 94 valence electrons. The first kappa shape index (κ1) is 13.3. The fourth-order valence-electron chi connectivity index (χ4n) is 1.36. The molecule has 5 heteroatoms. The van der Waals surface area contributed by atoms with E-state index >= 15 is 0 Å². The Balaban J connectivity index is 2.70. The van der Waals surface area contributed by atoms with Gasteiger partial charge in [-0.2, -0.15) is 0 Å². The van der Waals surface area contributed by atoms with Crippen LogP contribution in [0, 0.1) is 6.92 Å². The topological polar surface area (TPSA) is 80.0 Å². The zero-order valence-electron chi connectivity index (χ0n) is 10.7. The molecule has 0 aliphatic rings. The summed E-state index contributed by atoms with van der Waals surface area (Å²) in [6.07, 6.45) is 0. The molecular formula is C12H20N4O. The number of aryl methyl sites for hydroxylation is 1. The molecule has 0 aliphatic carbocycles. The van der Waals surface area contributed by atoms with E-state index in [-0.39, 0.29) is 18.0 Å². The number of nitrogen functional groups attached to an aromatic ring is 1. The van der Waals surface area contributed by atoms with Crippen molar-refractivity contribution in [2.24, 2.45) is 0 Å². The number of nitrogens with one attached hydrogen (secondary N) is 2. The third kappa shape index (κ3) is 3.94. The molecule has 0 spiro atoms. The maximum absolute atomic E-state index is 11.7. The molecule has 17 heavy (non-hydrogen) atoms. The minimum absolute atomic E-state index is 0.0669. The molecule has 5 nitrogen and oxygen atoms in total. The molecule has 0 saturated carbocycles. The van der Waals surface area contributed by atoms with Gasteiger partial charge in [0.2, 0.25) is 5.91 Å². The summed E-state index contributed by atoms with van der Waals surface area (Å²) in [6, 6.07) is 3.36. The van der Waals surface area contributed by atoms with Gasteiger partial charge in [-0.15, -0.1) is 0 Å². The van der Waals surface area contributed by atoms with Crippen LogP contribution in [0.4, 0.5) is 11.5 Å². The Labute approximate surface area is 102 Å². The summed E-state index contributed by atoms with van der Waals surface area (Å²) in [5.41, 5.74) is 7.18. The minimum Gasteiger partial charge on any atom is -0.396 e. The van der Waals surface area contributed by atoms with Gasteiger partial charge in [0, 0.05) is 11.7 Å². The molecule has 1 amide bonds. The summed E-state index contributed by atoms with van der Waals surface area (Å²) in [5.74, 6) is 0.485. The quantitative estimate of drug-likeness (QED) is 0.736. The van der Waals surface area contributed by atoms with Gasteiger partial charge in [0.1, 0.15) is 11.9 Å². The number of hydrogen-bond acceptors (Lipinski definition) is 4. The summed E-state index contributed by atoms with van der Waals surface area (Å²) < 4.78 is 0. The number of carbonyl (C=O) groups excluding carboxylic acids is 1. The summed E-state index contributed by atoms with van der Waals surface area (Å²) in [7, 11) is 0. The third-order valence-electron chi connectivity index (χ3n) is 2.24. The van der Waals surface area contributed by atoms with Gasteiger partial charge in [-0.25, -0.2) is 4.98 Å². The Bertz CT molecular complexity index is 403. The Kier molecular flexibility index (Phi) is 4.31. The van der Waals surface area contributed by atoms with E-state index in [0.717, 1.165) is 5.69 Å². The van der Waals surface area contributed by atoms with Crippen molar-refractivity contribution in [3.8, 4) is 0 Å². The fraction of sp³-hybridized carbons (Fsp3) is 0.500. The van der Waals surface area contributed by atoms with E-state index in [9.17, 15) is 4.79 Å². The third-order valence-corrected chi connectivity index (χ3v) is 2.24. The van der Waals surface area contributed by atoms with Gasteiger partial charge in [0.15, 0.2) is 0 Å². The fourth-order valence-corrected chi connectivity index (χ4v) is 1.36. The standard InChI is InChI=1S/C12H20N4O/c1-7(2)14-12(17)9(4)16-11-10(13)6-5-8(3)15-11/h5-7,9H,13H2,1-4H3,(H,14,17)(H,15,16). The number of hydrogen-bond donors (Lipinski definition) is 3. The predicted octanol–water partition coefficient (Wildman–Crippen LogP) is 1.30. The number of aromatic nitrogens is 1. The lowest BCUT2D eigenvalue weighted by atomic mass is 10.2. The molecule has 0 radical (unpaired) electrons. The molecule has 1 heterocycles. The maximum atomic E-state index is 11.7. The van der Waals surface area contributed by atoms with E-state index in [0.29, 0.717) is 11.5 Å². The van der Waals surface area contributed by atoms with E-state index in [1.807, 2.05) is 26.8 Å². The predicted molar refractivity (Wildman–Crippen MR) is 69.7 cm³/mol. The van der Waals surface area contributed by atoms with Crippen molar-refractivity contribution in [3.63, 3.8) is 0 Å². The lowest BCUT2D eigenvalue weighted by Gasteiger charge is -2.17. The van der Waals surface area contributed by atoms with E-state index in [4.69, 9.17) is 5.73 Å². The summed E-state index contributed by atoms with van der Waals surface area (Å²) >= 11 is 0. The molecule has 4 N–H and O–H groups in total. The molecule has 0 saturated heterocycles. The molecule has 1 aromatic heterocycles. The number of anilines is 2. The second-order valence-electron chi connectivity index (χ2n) is 4.42. The van der Waals surface area contributed by atoms with Crippen LogP contribution in [0.3, 0.4) is 0 Å². The largest absolute Gasteiger partial charge is 0.396 e. The minimum atomic E-state index is -0.367. The second-order valence-corrected chi connectivity index (χ2v) is 4.42. The first-order valence-electron chi connectivity index (χ1n) is 5.70. The van der Waals surface area contributed by atoms with Crippen LogP contribution in [-0.4, -0.2) is 23.0 Å². The normalized spacial score (nSPS) is 12.3. The van der Waals surface area contributed by atoms with Crippen LogP contribution in [0.2, 0.25) is 0 Å². The molecule has 0 fully saturated rings. The first-order chi connectivity index (χ1) is 7.90. The Morgan fingerprint density at radius 3 is 2.59 bits per heavy atom. The number of carbonyl (C=O) groups is 1. The van der Waals surface area contributed by atoms with Gasteiger partial charge >= 0.3 is 0 Å². The van der Waals surface area contributed by atoms with E-state index in [1.54, 1.807) is 13.0 Å². The average Bonchev–Trinajstić information content (AvgIpc) is 2.22. The molecule has 1 aromatic rings.